The van der Waals surface area contributed by atoms with E-state index in [9.17, 15) is 9.90 Å². The van der Waals surface area contributed by atoms with Gasteiger partial charge in [0, 0.05) is 29.3 Å². The molecule has 1 aliphatic heterocycles. The monoisotopic (exact) mass is 342 g/mol. The van der Waals surface area contributed by atoms with Gasteiger partial charge in [-0.15, -0.1) is 0 Å². The van der Waals surface area contributed by atoms with E-state index in [4.69, 9.17) is 4.98 Å². The van der Waals surface area contributed by atoms with Crippen LogP contribution in [0, 0.1) is 6.92 Å². The van der Waals surface area contributed by atoms with Crippen LogP contribution in [0.25, 0.3) is 10.9 Å². The van der Waals surface area contributed by atoms with Crippen molar-refractivity contribution in [3.63, 3.8) is 0 Å². The Morgan fingerprint density at radius 3 is 2.96 bits per heavy atom. The molecule has 0 radical (unpaired) electrons. The molecule has 2 aliphatic rings. The zero-order valence-electron chi connectivity index (χ0n) is 13.8. The van der Waals surface area contributed by atoms with Crippen LogP contribution in [-0.2, 0) is 0 Å². The predicted molar refractivity (Wildman–Crippen MR) is 97.7 cm³/mol. The van der Waals surface area contributed by atoms with E-state index in [0.717, 1.165) is 47.2 Å². The number of carbonyl (C=O) groups excluding carboxylic acids is 1. The number of carbonyl (C=O) groups is 1. The third-order valence-electron chi connectivity index (χ3n) is 4.88. The number of pyridine rings is 1. The maximum absolute atomic E-state index is 12.8. The number of nitrogens with zero attached hydrogens (tertiary/aromatic N) is 1. The van der Waals surface area contributed by atoms with E-state index in [0.29, 0.717) is 23.8 Å². The summed E-state index contributed by atoms with van der Waals surface area (Å²) in [6.07, 6.45) is 3.05. The highest BCUT2D eigenvalue weighted by Crippen LogP contribution is 2.40. The molecule has 2 fully saturated rings. The fourth-order valence-electron chi connectivity index (χ4n) is 3.21. The Balaban J connectivity index is 1.65. The lowest BCUT2D eigenvalue weighted by Gasteiger charge is -2.22. The molecule has 1 amide bonds. The van der Waals surface area contributed by atoms with Crippen LogP contribution in [0.4, 0.5) is 0 Å². The zero-order valence-corrected chi connectivity index (χ0v) is 14.7. The standard InChI is InChI=1S/C19H22N2O2S/c1-12-2-5-16-14(8-12)15(9-17(21-16)13-3-4-13)18(22)20-10-19(23)6-7-24-11-19/h2,5,8-9,13,23H,3-4,6-7,10-11H2,1H3,(H,20,22). The first kappa shape index (κ1) is 15.9. The average Bonchev–Trinajstić information content (AvgIpc) is 3.34. The molecule has 5 heteroatoms. The second-order valence-corrected chi connectivity index (χ2v) is 8.20. The Bertz CT molecular complexity index is 795. The minimum absolute atomic E-state index is 0.111. The number of thioether (sulfide) groups is 1. The van der Waals surface area contributed by atoms with Gasteiger partial charge in [-0.2, -0.15) is 11.8 Å². The molecule has 1 aromatic heterocycles. The van der Waals surface area contributed by atoms with Crippen molar-refractivity contribution >= 4 is 28.6 Å². The second kappa shape index (κ2) is 6.05. The fraction of sp³-hybridized carbons (Fsp3) is 0.474. The van der Waals surface area contributed by atoms with E-state index in [1.165, 1.54) is 0 Å². The van der Waals surface area contributed by atoms with E-state index in [1.54, 1.807) is 11.8 Å². The van der Waals surface area contributed by atoms with Crippen molar-refractivity contribution in [2.24, 2.45) is 0 Å². The van der Waals surface area contributed by atoms with Crippen molar-refractivity contribution in [3.8, 4) is 0 Å². The fourth-order valence-corrected chi connectivity index (χ4v) is 4.51. The third kappa shape index (κ3) is 3.15. The molecule has 4 rings (SSSR count). The summed E-state index contributed by atoms with van der Waals surface area (Å²) in [4.78, 5) is 17.5. The van der Waals surface area contributed by atoms with Gasteiger partial charge in [0.05, 0.1) is 16.7 Å². The van der Waals surface area contributed by atoms with Gasteiger partial charge >= 0.3 is 0 Å². The minimum atomic E-state index is -0.765. The molecule has 1 saturated carbocycles. The Labute approximate surface area is 146 Å². The second-order valence-electron chi connectivity index (χ2n) is 7.10. The average molecular weight is 342 g/mol. The topological polar surface area (TPSA) is 62.2 Å². The Morgan fingerprint density at radius 1 is 1.42 bits per heavy atom. The van der Waals surface area contributed by atoms with Crippen molar-refractivity contribution in [3.05, 3.63) is 41.1 Å². The van der Waals surface area contributed by atoms with Crippen LogP contribution in [0.5, 0.6) is 0 Å². The molecule has 24 heavy (non-hydrogen) atoms. The minimum Gasteiger partial charge on any atom is -0.387 e. The normalized spacial score (nSPS) is 23.6. The molecule has 2 heterocycles. The number of aromatic nitrogens is 1. The summed E-state index contributed by atoms with van der Waals surface area (Å²) in [6.45, 7) is 2.33. The zero-order chi connectivity index (χ0) is 16.7. The van der Waals surface area contributed by atoms with Gasteiger partial charge in [0.15, 0.2) is 0 Å². The molecule has 4 nitrogen and oxygen atoms in total. The highest BCUT2D eigenvalue weighted by molar-refractivity contribution is 7.99. The summed E-state index contributed by atoms with van der Waals surface area (Å²) in [7, 11) is 0. The molecular weight excluding hydrogens is 320 g/mol. The van der Waals surface area contributed by atoms with Crippen LogP contribution < -0.4 is 5.32 Å². The molecular formula is C19H22N2O2S. The van der Waals surface area contributed by atoms with E-state index >= 15 is 0 Å². The Kier molecular flexibility index (Phi) is 4.01. The molecule has 1 aromatic carbocycles. The van der Waals surface area contributed by atoms with Gasteiger partial charge in [0.25, 0.3) is 5.91 Å². The number of nitrogens with one attached hydrogen (secondary N) is 1. The lowest BCUT2D eigenvalue weighted by Crippen LogP contribution is -2.43. The van der Waals surface area contributed by atoms with Crippen molar-refractivity contribution in [1.82, 2.24) is 10.3 Å². The summed E-state index contributed by atoms with van der Waals surface area (Å²) < 4.78 is 0. The number of aliphatic hydroxyl groups is 1. The molecule has 2 N–H and O–H groups in total. The molecule has 1 atom stereocenters. The van der Waals surface area contributed by atoms with Gasteiger partial charge in [-0.25, -0.2) is 0 Å². The van der Waals surface area contributed by atoms with E-state index in [2.05, 4.69) is 5.32 Å². The lowest BCUT2D eigenvalue weighted by atomic mass is 10.0. The molecule has 0 bridgehead atoms. The highest BCUT2D eigenvalue weighted by Gasteiger charge is 2.32. The van der Waals surface area contributed by atoms with E-state index in [-0.39, 0.29) is 5.91 Å². The van der Waals surface area contributed by atoms with Gasteiger partial charge in [0.2, 0.25) is 0 Å². The number of hydrogen-bond acceptors (Lipinski definition) is 4. The molecule has 0 spiro atoms. The summed E-state index contributed by atoms with van der Waals surface area (Å²) in [6, 6.07) is 8.00. The van der Waals surface area contributed by atoms with Crippen molar-refractivity contribution in [2.45, 2.75) is 37.7 Å². The van der Waals surface area contributed by atoms with Crippen LogP contribution in [0.15, 0.2) is 24.3 Å². The summed E-state index contributed by atoms with van der Waals surface area (Å²) in [5.41, 5.74) is 2.93. The number of amides is 1. The van der Waals surface area contributed by atoms with Crippen molar-refractivity contribution in [1.29, 1.82) is 0 Å². The summed E-state index contributed by atoms with van der Waals surface area (Å²) in [5.74, 6) is 2.03. The molecule has 126 valence electrons. The van der Waals surface area contributed by atoms with Gasteiger partial charge in [0.1, 0.15) is 0 Å². The number of fused-ring (bicyclic) bond motifs is 1. The summed E-state index contributed by atoms with van der Waals surface area (Å²) in [5, 5.41) is 14.3. The summed E-state index contributed by atoms with van der Waals surface area (Å²) >= 11 is 1.74. The van der Waals surface area contributed by atoms with E-state index in [1.807, 2.05) is 31.2 Å². The number of hydrogen-bond donors (Lipinski definition) is 2. The first-order valence-electron chi connectivity index (χ1n) is 8.54. The van der Waals surface area contributed by atoms with Crippen molar-refractivity contribution in [2.75, 3.05) is 18.1 Å². The first-order valence-corrected chi connectivity index (χ1v) is 9.69. The van der Waals surface area contributed by atoms with Gasteiger partial charge < -0.3 is 10.4 Å². The Morgan fingerprint density at radius 2 is 2.25 bits per heavy atom. The molecule has 2 aromatic rings. The van der Waals surface area contributed by atoms with Crippen LogP contribution in [0.2, 0.25) is 0 Å². The van der Waals surface area contributed by atoms with Crippen LogP contribution in [0.1, 0.15) is 46.8 Å². The maximum Gasteiger partial charge on any atom is 0.252 e. The third-order valence-corrected chi connectivity index (χ3v) is 6.12. The first-order chi connectivity index (χ1) is 11.5. The van der Waals surface area contributed by atoms with Gasteiger partial charge in [-0.1, -0.05) is 11.6 Å². The number of benzene rings is 1. The number of rotatable bonds is 4. The molecule has 1 unspecified atom stereocenters. The van der Waals surface area contributed by atoms with E-state index < -0.39 is 5.60 Å². The van der Waals surface area contributed by atoms with Gasteiger partial charge in [-0.05, 0) is 50.1 Å². The van der Waals surface area contributed by atoms with Gasteiger partial charge in [-0.3, -0.25) is 9.78 Å². The van der Waals surface area contributed by atoms with Crippen molar-refractivity contribution < 1.29 is 9.90 Å². The predicted octanol–water partition coefficient (Wildman–Crippen LogP) is 3.02. The maximum atomic E-state index is 12.8. The smallest absolute Gasteiger partial charge is 0.252 e. The quantitative estimate of drug-likeness (QED) is 0.896. The lowest BCUT2D eigenvalue weighted by molar-refractivity contribution is 0.0613. The van der Waals surface area contributed by atoms with Crippen LogP contribution >= 0.6 is 11.8 Å². The Hall–Kier alpha value is -1.59. The number of aryl methyl sites for hydroxylation is 1. The van der Waals surface area contributed by atoms with Crippen LogP contribution in [0.3, 0.4) is 0 Å². The largest absolute Gasteiger partial charge is 0.387 e. The SMILES string of the molecule is Cc1ccc2nc(C3CC3)cc(C(=O)NCC3(O)CCSC3)c2c1. The van der Waals surface area contributed by atoms with Crippen LogP contribution in [-0.4, -0.2) is 39.6 Å². The highest BCUT2D eigenvalue weighted by atomic mass is 32.2. The molecule has 1 saturated heterocycles. The molecule has 1 aliphatic carbocycles.